The number of nitrogens with zero attached hydrogens (tertiary/aromatic N) is 2. The number of rotatable bonds is 7. The Morgan fingerprint density at radius 3 is 1.36 bits per heavy atom. The molecule has 1 aromatic heterocycles. The van der Waals surface area contributed by atoms with E-state index in [1.807, 2.05) is 0 Å². The Balaban J connectivity index is 1.12. The average Bonchev–Trinajstić information content (AvgIpc) is 3.63. The minimum atomic E-state index is 1.09. The van der Waals surface area contributed by atoms with Crippen LogP contribution in [0.3, 0.4) is 0 Å². The van der Waals surface area contributed by atoms with Crippen LogP contribution in [0.4, 0.5) is 17.1 Å². The largest absolute Gasteiger partial charge is 0.310 e. The van der Waals surface area contributed by atoms with Crippen molar-refractivity contribution in [3.63, 3.8) is 0 Å². The lowest BCUT2D eigenvalue weighted by atomic mass is 9.86. The number of para-hydroxylation sites is 3. The molecule has 0 N–H and O–H groups in total. The predicted molar refractivity (Wildman–Crippen MR) is 247 cm³/mol. The van der Waals surface area contributed by atoms with Gasteiger partial charge < -0.3 is 9.47 Å². The van der Waals surface area contributed by atoms with E-state index in [-0.39, 0.29) is 0 Å². The van der Waals surface area contributed by atoms with E-state index in [0.29, 0.717) is 0 Å². The van der Waals surface area contributed by atoms with Gasteiger partial charge in [-0.25, -0.2) is 0 Å². The number of hydrogen-bond donors (Lipinski definition) is 0. The molecular weight excluding hydrogens is 701 g/mol. The number of fused-ring (bicyclic) bond motifs is 5. The number of hydrogen-bond acceptors (Lipinski definition) is 1. The number of benzene rings is 10. The highest BCUT2D eigenvalue weighted by Gasteiger charge is 2.21. The van der Waals surface area contributed by atoms with Crippen LogP contribution in [0.1, 0.15) is 0 Å². The third-order valence-electron chi connectivity index (χ3n) is 11.6. The second kappa shape index (κ2) is 14.1. The van der Waals surface area contributed by atoms with Gasteiger partial charge in [0.2, 0.25) is 0 Å². The molecule has 0 radical (unpaired) electrons. The van der Waals surface area contributed by atoms with Crippen molar-refractivity contribution < 1.29 is 0 Å². The van der Waals surface area contributed by atoms with Crippen molar-refractivity contribution in [2.45, 2.75) is 0 Å². The third kappa shape index (κ3) is 5.57. The fraction of sp³-hybridized carbons (Fsp3) is 0. The lowest BCUT2D eigenvalue weighted by Gasteiger charge is -2.28. The second-order valence-electron chi connectivity index (χ2n) is 14.9. The Morgan fingerprint density at radius 1 is 0.293 bits per heavy atom. The topological polar surface area (TPSA) is 8.17 Å². The monoisotopic (exact) mass is 738 g/mol. The molecule has 2 nitrogen and oxygen atoms in total. The van der Waals surface area contributed by atoms with E-state index in [1.54, 1.807) is 0 Å². The van der Waals surface area contributed by atoms with Crippen molar-refractivity contribution in [1.29, 1.82) is 0 Å². The van der Waals surface area contributed by atoms with Gasteiger partial charge in [0.25, 0.3) is 0 Å². The van der Waals surface area contributed by atoms with E-state index in [9.17, 15) is 0 Å². The normalized spacial score (nSPS) is 11.4. The van der Waals surface area contributed by atoms with Gasteiger partial charge in [-0.2, -0.15) is 0 Å². The van der Waals surface area contributed by atoms with Gasteiger partial charge in [-0.05, 0) is 104 Å². The third-order valence-corrected chi connectivity index (χ3v) is 11.6. The van der Waals surface area contributed by atoms with E-state index < -0.39 is 0 Å². The molecule has 272 valence electrons. The highest BCUT2D eigenvalue weighted by atomic mass is 15.1. The molecule has 0 aliphatic rings. The van der Waals surface area contributed by atoms with Crippen LogP contribution in [0.25, 0.3) is 82.4 Å². The first kappa shape index (κ1) is 33.6. The Morgan fingerprint density at radius 2 is 0.741 bits per heavy atom. The average molecular weight is 739 g/mol. The Kier molecular flexibility index (Phi) is 8.19. The number of anilines is 3. The van der Waals surface area contributed by atoms with Crippen molar-refractivity contribution in [3.05, 3.63) is 231 Å². The molecule has 1 heterocycles. The molecular formula is C56H38N2. The molecule has 0 aliphatic heterocycles. The van der Waals surface area contributed by atoms with Gasteiger partial charge >= 0.3 is 0 Å². The minimum Gasteiger partial charge on any atom is -0.310 e. The molecule has 0 aliphatic carbocycles. The standard InChI is InChI=1S/C56H38N2/c1-4-18-39(19-5-1)45-24-14-16-30-52(45)57(44-36-37-54-51(38-44)46-25-15-17-31-53(46)58(54)42-22-8-3-9-23-42)43-34-32-41(33-35-43)56-49-28-12-10-26-47(49)55(40-20-6-2-7-21-40)48-27-11-13-29-50(48)56/h1-38H. The van der Waals surface area contributed by atoms with Crippen LogP contribution in [0.15, 0.2) is 231 Å². The summed E-state index contributed by atoms with van der Waals surface area (Å²) in [6, 6.07) is 83.6. The van der Waals surface area contributed by atoms with E-state index in [1.165, 1.54) is 76.7 Å². The molecule has 11 rings (SSSR count). The molecule has 2 heteroatoms. The Hall–Kier alpha value is -7.68. The Bertz CT molecular complexity index is 3200. The summed E-state index contributed by atoms with van der Waals surface area (Å²) < 4.78 is 2.38. The van der Waals surface area contributed by atoms with E-state index >= 15 is 0 Å². The lowest BCUT2D eigenvalue weighted by Crippen LogP contribution is -2.11. The van der Waals surface area contributed by atoms with Gasteiger partial charge in [0.15, 0.2) is 0 Å². The molecule has 0 fully saturated rings. The molecule has 58 heavy (non-hydrogen) atoms. The molecule has 0 unspecified atom stereocenters. The smallest absolute Gasteiger partial charge is 0.0542 e. The van der Waals surface area contributed by atoms with Crippen LogP contribution in [0.5, 0.6) is 0 Å². The predicted octanol–water partition coefficient (Wildman–Crippen LogP) is 15.6. The van der Waals surface area contributed by atoms with Crippen molar-refractivity contribution in [2.75, 3.05) is 4.90 Å². The summed E-state index contributed by atoms with van der Waals surface area (Å²) in [5.41, 5.74) is 14.1. The van der Waals surface area contributed by atoms with Gasteiger partial charge in [0.1, 0.15) is 0 Å². The van der Waals surface area contributed by atoms with Gasteiger partial charge in [-0.15, -0.1) is 0 Å². The van der Waals surface area contributed by atoms with Crippen molar-refractivity contribution in [3.8, 4) is 39.1 Å². The van der Waals surface area contributed by atoms with E-state index in [4.69, 9.17) is 0 Å². The maximum Gasteiger partial charge on any atom is 0.0542 e. The quantitative estimate of drug-likeness (QED) is 0.148. The fourth-order valence-electron chi connectivity index (χ4n) is 9.05. The maximum atomic E-state index is 2.43. The zero-order chi connectivity index (χ0) is 38.4. The van der Waals surface area contributed by atoms with Gasteiger partial charge in [-0.1, -0.05) is 176 Å². The highest BCUT2D eigenvalue weighted by molar-refractivity contribution is 6.21. The van der Waals surface area contributed by atoms with Crippen molar-refractivity contribution in [1.82, 2.24) is 4.57 Å². The van der Waals surface area contributed by atoms with Crippen LogP contribution < -0.4 is 4.90 Å². The minimum absolute atomic E-state index is 1.09. The summed E-state index contributed by atoms with van der Waals surface area (Å²) in [5.74, 6) is 0. The van der Waals surface area contributed by atoms with E-state index in [2.05, 4.69) is 240 Å². The van der Waals surface area contributed by atoms with Crippen LogP contribution in [0.2, 0.25) is 0 Å². The van der Waals surface area contributed by atoms with E-state index in [0.717, 1.165) is 22.7 Å². The zero-order valence-corrected chi connectivity index (χ0v) is 31.8. The molecule has 0 spiro atoms. The molecule has 0 saturated heterocycles. The summed E-state index contributed by atoms with van der Waals surface area (Å²) in [6.45, 7) is 0. The summed E-state index contributed by atoms with van der Waals surface area (Å²) in [6.07, 6.45) is 0. The second-order valence-corrected chi connectivity index (χ2v) is 14.9. The first-order chi connectivity index (χ1) is 28.8. The Labute approximate surface area is 338 Å². The summed E-state index contributed by atoms with van der Waals surface area (Å²) in [7, 11) is 0. The van der Waals surface area contributed by atoms with Gasteiger partial charge in [0.05, 0.1) is 16.7 Å². The first-order valence-electron chi connectivity index (χ1n) is 19.9. The van der Waals surface area contributed by atoms with Crippen LogP contribution >= 0.6 is 0 Å². The van der Waals surface area contributed by atoms with Crippen LogP contribution in [-0.2, 0) is 0 Å². The molecule has 0 amide bonds. The van der Waals surface area contributed by atoms with Crippen LogP contribution in [-0.4, -0.2) is 4.57 Å². The summed E-state index contributed by atoms with van der Waals surface area (Å²) in [4.78, 5) is 2.43. The molecule has 0 atom stereocenters. The summed E-state index contributed by atoms with van der Waals surface area (Å²) in [5, 5.41) is 7.46. The molecule has 0 saturated carbocycles. The lowest BCUT2D eigenvalue weighted by molar-refractivity contribution is 1.18. The van der Waals surface area contributed by atoms with Crippen molar-refractivity contribution >= 4 is 60.4 Å². The molecule has 10 aromatic carbocycles. The van der Waals surface area contributed by atoms with Crippen molar-refractivity contribution in [2.24, 2.45) is 0 Å². The first-order valence-corrected chi connectivity index (χ1v) is 19.9. The summed E-state index contributed by atoms with van der Waals surface area (Å²) >= 11 is 0. The fourth-order valence-corrected chi connectivity index (χ4v) is 9.05. The number of aromatic nitrogens is 1. The van der Waals surface area contributed by atoms with Crippen LogP contribution in [0, 0.1) is 0 Å². The zero-order valence-electron chi connectivity index (χ0n) is 31.8. The molecule has 11 aromatic rings. The SMILES string of the molecule is c1ccc(-c2ccccc2N(c2ccc(-c3c4ccccc4c(-c4ccccc4)c4ccccc34)cc2)c2ccc3c(c2)c2ccccc2n3-c2ccccc2)cc1. The highest BCUT2D eigenvalue weighted by Crippen LogP contribution is 2.46. The van der Waals surface area contributed by atoms with Gasteiger partial charge in [0, 0.05) is 33.4 Å². The molecule has 0 bridgehead atoms. The maximum absolute atomic E-state index is 2.43. The van der Waals surface area contributed by atoms with Gasteiger partial charge in [-0.3, -0.25) is 0 Å².